The van der Waals surface area contributed by atoms with Crippen LogP contribution in [0, 0.1) is 0 Å². The van der Waals surface area contributed by atoms with Gasteiger partial charge in [-0.3, -0.25) is 0 Å². The molecule has 0 saturated carbocycles. The van der Waals surface area contributed by atoms with E-state index in [9.17, 15) is 0 Å². The van der Waals surface area contributed by atoms with Crippen LogP contribution in [0.25, 0.3) is 0 Å². The van der Waals surface area contributed by atoms with Crippen molar-refractivity contribution in [2.24, 2.45) is 0 Å². The number of nitrogens with zero attached hydrogens (tertiary/aromatic N) is 2. The second kappa shape index (κ2) is 4.63. The van der Waals surface area contributed by atoms with Gasteiger partial charge in [0.25, 0.3) is 0 Å². The fourth-order valence-electron chi connectivity index (χ4n) is 1.37. The van der Waals surface area contributed by atoms with Crippen LogP contribution in [0.1, 0.15) is 32.7 Å². The molecule has 0 bridgehead atoms. The van der Waals surface area contributed by atoms with Gasteiger partial charge in [-0.15, -0.1) is 0 Å². The monoisotopic (exact) mass is 243 g/mol. The minimum Gasteiger partial charge on any atom is -0.368 e. The summed E-state index contributed by atoms with van der Waals surface area (Å²) in [6, 6.07) is 0.460. The van der Waals surface area contributed by atoms with Crippen LogP contribution < -0.4 is 5.32 Å². The maximum absolute atomic E-state index is 5.57. The van der Waals surface area contributed by atoms with Crippen LogP contribution in [0.3, 0.4) is 0 Å². The maximum Gasteiger partial charge on any atom is 0.321 e. The molecule has 1 aromatic rings. The Morgan fingerprint density at radius 1 is 1.44 bits per heavy atom. The Hall–Kier alpha value is -0.750. The van der Waals surface area contributed by atoms with Crippen molar-refractivity contribution in [3.8, 4) is 0 Å². The lowest BCUT2D eigenvalue weighted by Gasteiger charge is -2.19. The van der Waals surface area contributed by atoms with E-state index in [0.29, 0.717) is 11.8 Å². The third kappa shape index (κ3) is 3.12. The summed E-state index contributed by atoms with van der Waals surface area (Å²) >= 11 is 1.85. The van der Waals surface area contributed by atoms with Gasteiger partial charge in [0.2, 0.25) is 5.82 Å². The zero-order valence-electron chi connectivity index (χ0n) is 9.82. The second-order valence-electron chi connectivity index (χ2n) is 4.77. The summed E-state index contributed by atoms with van der Waals surface area (Å²) < 4.78 is 10.7. The number of thioether (sulfide) groups is 1. The minimum atomic E-state index is -0.0774. The number of hydrogen-bond donors (Lipinski definition) is 1. The average molecular weight is 243 g/mol. The molecule has 0 spiro atoms. The first-order valence-electron chi connectivity index (χ1n) is 5.36. The summed E-state index contributed by atoms with van der Waals surface area (Å²) in [7, 11) is 0. The van der Waals surface area contributed by atoms with Gasteiger partial charge in [0.05, 0.1) is 6.61 Å². The SMILES string of the molecule is CC(C)(C)Nc1nc(C2CSCCO2)no1. The van der Waals surface area contributed by atoms with Crippen molar-refractivity contribution in [3.63, 3.8) is 0 Å². The van der Waals surface area contributed by atoms with Crippen molar-refractivity contribution in [1.29, 1.82) is 0 Å². The van der Waals surface area contributed by atoms with Crippen molar-refractivity contribution in [1.82, 2.24) is 10.1 Å². The highest BCUT2D eigenvalue weighted by atomic mass is 32.2. The number of rotatable bonds is 2. The largest absolute Gasteiger partial charge is 0.368 e. The Morgan fingerprint density at radius 2 is 2.25 bits per heavy atom. The highest BCUT2D eigenvalue weighted by Crippen LogP contribution is 2.25. The van der Waals surface area contributed by atoms with Crippen molar-refractivity contribution in [2.75, 3.05) is 23.4 Å². The Kier molecular flexibility index (Phi) is 3.39. The lowest BCUT2D eigenvalue weighted by atomic mass is 10.1. The summed E-state index contributed by atoms with van der Waals surface area (Å²) in [6.45, 7) is 6.89. The normalized spacial score (nSPS) is 22.1. The quantitative estimate of drug-likeness (QED) is 0.858. The van der Waals surface area contributed by atoms with Crippen molar-refractivity contribution < 1.29 is 9.26 Å². The molecular weight excluding hydrogens is 226 g/mol. The van der Waals surface area contributed by atoms with Crippen LogP contribution in [0.4, 0.5) is 6.01 Å². The maximum atomic E-state index is 5.57. The number of anilines is 1. The highest BCUT2D eigenvalue weighted by Gasteiger charge is 2.23. The smallest absolute Gasteiger partial charge is 0.321 e. The molecule has 16 heavy (non-hydrogen) atoms. The molecule has 1 fully saturated rings. The molecule has 1 aliphatic rings. The topological polar surface area (TPSA) is 60.2 Å². The van der Waals surface area contributed by atoms with Gasteiger partial charge in [-0.2, -0.15) is 16.7 Å². The van der Waals surface area contributed by atoms with E-state index >= 15 is 0 Å². The Labute approximate surface area is 99.3 Å². The minimum absolute atomic E-state index is 0.0296. The van der Waals surface area contributed by atoms with Gasteiger partial charge in [-0.05, 0) is 20.8 Å². The van der Waals surface area contributed by atoms with Gasteiger partial charge in [-0.25, -0.2) is 0 Å². The molecule has 2 rings (SSSR count). The molecule has 1 saturated heterocycles. The Balaban J connectivity index is 2.01. The van der Waals surface area contributed by atoms with Gasteiger partial charge in [0.15, 0.2) is 0 Å². The molecule has 0 amide bonds. The number of ether oxygens (including phenoxy) is 1. The molecule has 1 atom stereocenters. The number of aromatic nitrogens is 2. The molecule has 1 aromatic heterocycles. The van der Waals surface area contributed by atoms with Crippen LogP contribution in [-0.4, -0.2) is 33.8 Å². The number of hydrogen-bond acceptors (Lipinski definition) is 6. The molecule has 1 N–H and O–H groups in total. The fraction of sp³-hybridized carbons (Fsp3) is 0.800. The van der Waals surface area contributed by atoms with E-state index in [1.807, 2.05) is 32.5 Å². The third-order valence-corrected chi connectivity index (χ3v) is 3.02. The molecule has 1 aliphatic heterocycles. The summed E-state index contributed by atoms with van der Waals surface area (Å²) in [4.78, 5) is 4.29. The average Bonchev–Trinajstić information content (AvgIpc) is 2.65. The van der Waals surface area contributed by atoms with Crippen molar-refractivity contribution in [3.05, 3.63) is 5.82 Å². The van der Waals surface area contributed by atoms with Crippen LogP contribution in [0.5, 0.6) is 0 Å². The predicted molar refractivity (Wildman–Crippen MR) is 63.7 cm³/mol. The molecule has 0 aromatic carbocycles. The third-order valence-electron chi connectivity index (χ3n) is 2.03. The zero-order chi connectivity index (χ0) is 11.6. The van der Waals surface area contributed by atoms with Crippen LogP contribution in [0.2, 0.25) is 0 Å². The second-order valence-corrected chi connectivity index (χ2v) is 5.92. The molecule has 90 valence electrons. The fourth-order valence-corrected chi connectivity index (χ4v) is 2.21. The molecule has 2 heterocycles. The summed E-state index contributed by atoms with van der Waals surface area (Å²) in [5, 5.41) is 7.08. The van der Waals surface area contributed by atoms with E-state index in [1.54, 1.807) is 0 Å². The number of nitrogens with one attached hydrogen (secondary N) is 1. The van der Waals surface area contributed by atoms with Crippen molar-refractivity contribution >= 4 is 17.8 Å². The predicted octanol–water partition coefficient (Wildman–Crippen LogP) is 2.08. The van der Waals surface area contributed by atoms with Gasteiger partial charge in [-0.1, -0.05) is 5.16 Å². The lowest BCUT2D eigenvalue weighted by molar-refractivity contribution is 0.0677. The Bertz CT molecular complexity index is 342. The van der Waals surface area contributed by atoms with Gasteiger partial charge in [0, 0.05) is 17.0 Å². The van der Waals surface area contributed by atoms with Crippen LogP contribution in [-0.2, 0) is 4.74 Å². The van der Waals surface area contributed by atoms with Crippen molar-refractivity contribution in [2.45, 2.75) is 32.4 Å². The summed E-state index contributed by atoms with van der Waals surface area (Å²) in [5.74, 6) is 2.58. The summed E-state index contributed by atoms with van der Waals surface area (Å²) in [5.41, 5.74) is -0.0774. The van der Waals surface area contributed by atoms with E-state index in [0.717, 1.165) is 18.1 Å². The molecule has 5 nitrogen and oxygen atoms in total. The summed E-state index contributed by atoms with van der Waals surface area (Å²) in [6.07, 6.45) is -0.0296. The van der Waals surface area contributed by atoms with Gasteiger partial charge < -0.3 is 14.6 Å². The van der Waals surface area contributed by atoms with Crippen LogP contribution in [0.15, 0.2) is 4.52 Å². The first-order chi connectivity index (χ1) is 7.54. The Morgan fingerprint density at radius 3 is 2.88 bits per heavy atom. The van der Waals surface area contributed by atoms with E-state index < -0.39 is 0 Å². The van der Waals surface area contributed by atoms with Crippen LogP contribution >= 0.6 is 11.8 Å². The van der Waals surface area contributed by atoms with E-state index in [4.69, 9.17) is 9.26 Å². The molecule has 6 heteroatoms. The van der Waals surface area contributed by atoms with Gasteiger partial charge >= 0.3 is 6.01 Å². The van der Waals surface area contributed by atoms with E-state index in [2.05, 4.69) is 15.5 Å². The standard InChI is InChI=1S/C10H17N3O2S/c1-10(2,3)12-9-11-8(13-15-9)7-6-16-5-4-14-7/h7H,4-6H2,1-3H3,(H,11,12,13). The lowest BCUT2D eigenvalue weighted by Crippen LogP contribution is -2.26. The van der Waals surface area contributed by atoms with Gasteiger partial charge in [0.1, 0.15) is 6.10 Å². The first kappa shape index (κ1) is 11.7. The first-order valence-corrected chi connectivity index (χ1v) is 6.51. The van der Waals surface area contributed by atoms with E-state index in [-0.39, 0.29) is 11.6 Å². The molecule has 0 aliphatic carbocycles. The zero-order valence-corrected chi connectivity index (χ0v) is 10.6. The van der Waals surface area contributed by atoms with E-state index in [1.165, 1.54) is 0 Å². The molecule has 0 radical (unpaired) electrons. The molecule has 1 unspecified atom stereocenters. The molecular formula is C10H17N3O2S. The highest BCUT2D eigenvalue weighted by molar-refractivity contribution is 7.99.